The van der Waals surface area contributed by atoms with Crippen molar-refractivity contribution in [3.63, 3.8) is 0 Å². The fourth-order valence-corrected chi connectivity index (χ4v) is 3.27. The maximum atomic E-state index is 11.9. The van der Waals surface area contributed by atoms with Crippen LogP contribution in [-0.4, -0.2) is 27.9 Å². The Labute approximate surface area is 136 Å². The molecule has 1 heterocycles. The van der Waals surface area contributed by atoms with Crippen LogP contribution in [0, 0.1) is 0 Å². The maximum absolute atomic E-state index is 11.9. The van der Waals surface area contributed by atoms with Gasteiger partial charge in [0.1, 0.15) is 5.82 Å². The van der Waals surface area contributed by atoms with Crippen LogP contribution in [0.2, 0.25) is 0 Å². The van der Waals surface area contributed by atoms with Crippen LogP contribution >= 0.6 is 7.60 Å². The first-order chi connectivity index (χ1) is 11.0. The lowest BCUT2D eigenvalue weighted by atomic mass is 10.2. The van der Waals surface area contributed by atoms with Crippen LogP contribution in [0.25, 0.3) is 0 Å². The van der Waals surface area contributed by atoms with E-state index in [-0.39, 0.29) is 0 Å². The number of aromatic nitrogens is 1. The zero-order valence-corrected chi connectivity index (χ0v) is 14.1. The molecular weight excluding hydrogens is 313 g/mol. The summed E-state index contributed by atoms with van der Waals surface area (Å²) in [5.74, 6) is -0.697. The average molecular weight is 335 g/mol. The molecule has 0 radical (unpaired) electrons. The van der Waals surface area contributed by atoms with Crippen molar-refractivity contribution in [2.45, 2.75) is 19.6 Å². The number of benzene rings is 1. The summed E-state index contributed by atoms with van der Waals surface area (Å²) in [5.41, 5.74) is 1.56. The van der Waals surface area contributed by atoms with Gasteiger partial charge in [0, 0.05) is 25.0 Å². The highest BCUT2D eigenvalue weighted by Crippen LogP contribution is 2.51. The Morgan fingerprint density at radius 1 is 1.13 bits per heavy atom. The Morgan fingerprint density at radius 3 is 2.26 bits per heavy atom. The maximum Gasteiger partial charge on any atom is 0.352 e. The Kier molecular flexibility index (Phi) is 5.77. The Bertz CT molecular complexity index is 654. The van der Waals surface area contributed by atoms with E-state index in [9.17, 15) is 14.4 Å². The zero-order valence-electron chi connectivity index (χ0n) is 13.3. The van der Waals surface area contributed by atoms with E-state index in [1.165, 1.54) is 0 Å². The summed E-state index contributed by atoms with van der Waals surface area (Å²) >= 11 is 0. The van der Waals surface area contributed by atoms with Crippen molar-refractivity contribution >= 4 is 19.1 Å². The number of rotatable bonds is 7. The molecule has 0 fully saturated rings. The fraction of sp³-hybridized carbons (Fsp3) is 0.312. The second-order valence-electron chi connectivity index (χ2n) is 5.11. The number of pyridine rings is 1. The number of anilines is 2. The lowest BCUT2D eigenvalue weighted by Crippen LogP contribution is -2.21. The molecule has 1 unspecified atom stereocenters. The molecule has 2 rings (SSSR count). The first-order valence-corrected chi connectivity index (χ1v) is 9.21. The normalized spacial score (nSPS) is 12.7. The van der Waals surface area contributed by atoms with Gasteiger partial charge in [-0.25, -0.2) is 4.98 Å². The third kappa shape index (κ3) is 4.55. The lowest BCUT2D eigenvalue weighted by molar-refractivity contribution is 0.363. The third-order valence-corrected chi connectivity index (χ3v) is 4.72. The van der Waals surface area contributed by atoms with Crippen molar-refractivity contribution in [2.24, 2.45) is 0 Å². The van der Waals surface area contributed by atoms with E-state index in [1.54, 1.807) is 36.5 Å². The van der Waals surface area contributed by atoms with Crippen LogP contribution in [0.4, 0.5) is 11.5 Å². The second kappa shape index (κ2) is 7.59. The molecule has 0 saturated carbocycles. The Balaban J connectivity index is 2.28. The number of hydrogen-bond donors (Lipinski definition) is 3. The molecule has 6 nitrogen and oxygen atoms in total. The summed E-state index contributed by atoms with van der Waals surface area (Å²) in [7, 11) is -4.38. The van der Waals surface area contributed by atoms with Gasteiger partial charge in [0.2, 0.25) is 0 Å². The van der Waals surface area contributed by atoms with Crippen LogP contribution < -0.4 is 10.2 Å². The predicted molar refractivity (Wildman–Crippen MR) is 92.6 cm³/mol. The van der Waals surface area contributed by atoms with Crippen molar-refractivity contribution in [1.29, 1.82) is 0 Å². The van der Waals surface area contributed by atoms with Crippen LogP contribution in [0.5, 0.6) is 0 Å². The van der Waals surface area contributed by atoms with Gasteiger partial charge >= 0.3 is 7.60 Å². The zero-order chi connectivity index (χ0) is 16.9. The van der Waals surface area contributed by atoms with E-state index >= 15 is 0 Å². The van der Waals surface area contributed by atoms with Crippen molar-refractivity contribution < 1.29 is 14.4 Å². The van der Waals surface area contributed by atoms with Crippen molar-refractivity contribution in [2.75, 3.05) is 23.3 Å². The molecule has 0 aliphatic heterocycles. The van der Waals surface area contributed by atoms with Crippen LogP contribution in [0.1, 0.15) is 25.2 Å². The van der Waals surface area contributed by atoms with E-state index in [2.05, 4.69) is 29.0 Å². The Hall–Kier alpha value is -1.88. The Morgan fingerprint density at radius 2 is 1.78 bits per heavy atom. The molecule has 0 aliphatic carbocycles. The molecule has 124 valence electrons. The fourth-order valence-electron chi connectivity index (χ4n) is 2.41. The van der Waals surface area contributed by atoms with Gasteiger partial charge in [-0.1, -0.05) is 18.2 Å². The highest BCUT2D eigenvalue weighted by atomic mass is 31.2. The van der Waals surface area contributed by atoms with E-state index in [4.69, 9.17) is 0 Å². The highest BCUT2D eigenvalue weighted by molar-refractivity contribution is 7.52. The molecule has 0 bridgehead atoms. The molecule has 0 amide bonds. The van der Waals surface area contributed by atoms with Crippen molar-refractivity contribution in [3.8, 4) is 0 Å². The average Bonchev–Trinajstić information content (AvgIpc) is 2.54. The summed E-state index contributed by atoms with van der Waals surface area (Å²) in [6, 6.07) is 12.4. The lowest BCUT2D eigenvalue weighted by Gasteiger charge is -2.24. The van der Waals surface area contributed by atoms with Gasteiger partial charge < -0.3 is 20.0 Å². The molecule has 23 heavy (non-hydrogen) atoms. The molecule has 0 spiro atoms. The first-order valence-electron chi connectivity index (χ1n) is 7.53. The molecule has 1 aromatic carbocycles. The summed E-state index contributed by atoms with van der Waals surface area (Å²) in [4.78, 5) is 25.6. The standard InChI is InChI=1S/C16H22N3O3P/c1-3-19(4-2)14-10-8-13(9-11-14)16(23(20,21)22)18-15-7-5-6-12-17-15/h5-12,16H,3-4H2,1-2H3,(H,17,18)(H2,20,21,22). The number of nitrogens with one attached hydrogen (secondary N) is 1. The molecule has 2 aromatic rings. The molecule has 1 aromatic heterocycles. The predicted octanol–water partition coefficient (Wildman–Crippen LogP) is 3.22. The van der Waals surface area contributed by atoms with Crippen molar-refractivity contribution in [1.82, 2.24) is 4.98 Å². The summed E-state index contributed by atoms with van der Waals surface area (Å²) in [5, 5.41) is 2.82. The van der Waals surface area contributed by atoms with Gasteiger partial charge in [-0.3, -0.25) is 4.57 Å². The van der Waals surface area contributed by atoms with E-state index < -0.39 is 13.4 Å². The number of hydrogen-bond acceptors (Lipinski definition) is 4. The largest absolute Gasteiger partial charge is 0.372 e. The van der Waals surface area contributed by atoms with Crippen LogP contribution in [-0.2, 0) is 4.57 Å². The van der Waals surface area contributed by atoms with Gasteiger partial charge in [-0.2, -0.15) is 0 Å². The molecule has 0 aliphatic rings. The monoisotopic (exact) mass is 335 g/mol. The molecule has 1 atom stereocenters. The molecular formula is C16H22N3O3P. The van der Waals surface area contributed by atoms with Gasteiger partial charge in [0.25, 0.3) is 0 Å². The second-order valence-corrected chi connectivity index (χ2v) is 6.81. The SMILES string of the molecule is CCN(CC)c1ccc(C(Nc2ccccn2)P(=O)(O)O)cc1. The van der Waals surface area contributed by atoms with Crippen LogP contribution in [0.15, 0.2) is 48.7 Å². The van der Waals surface area contributed by atoms with Crippen LogP contribution in [0.3, 0.4) is 0 Å². The van der Waals surface area contributed by atoms with Gasteiger partial charge in [-0.05, 0) is 43.7 Å². The topological polar surface area (TPSA) is 85.7 Å². The first kappa shape index (κ1) is 17.5. The highest BCUT2D eigenvalue weighted by Gasteiger charge is 2.30. The molecule has 0 saturated heterocycles. The summed E-state index contributed by atoms with van der Waals surface area (Å²) < 4.78 is 11.9. The smallest absolute Gasteiger partial charge is 0.352 e. The molecule has 3 N–H and O–H groups in total. The summed E-state index contributed by atoms with van der Waals surface area (Å²) in [6.45, 7) is 5.89. The molecule has 7 heteroatoms. The quantitative estimate of drug-likeness (QED) is 0.674. The number of nitrogens with zero attached hydrogens (tertiary/aromatic N) is 2. The minimum Gasteiger partial charge on any atom is -0.372 e. The van der Waals surface area contributed by atoms with E-state index in [1.807, 2.05) is 12.1 Å². The van der Waals surface area contributed by atoms with E-state index in [0.717, 1.165) is 18.8 Å². The van der Waals surface area contributed by atoms with Gasteiger partial charge in [-0.15, -0.1) is 0 Å². The van der Waals surface area contributed by atoms with Crippen molar-refractivity contribution in [3.05, 3.63) is 54.2 Å². The third-order valence-electron chi connectivity index (χ3n) is 3.62. The van der Waals surface area contributed by atoms with E-state index in [0.29, 0.717) is 11.4 Å². The summed E-state index contributed by atoms with van der Waals surface area (Å²) in [6.07, 6.45) is 1.57. The minimum atomic E-state index is -4.38. The van der Waals surface area contributed by atoms with Gasteiger partial charge in [0.15, 0.2) is 5.78 Å². The minimum absolute atomic E-state index is 0.425. The van der Waals surface area contributed by atoms with Gasteiger partial charge in [0.05, 0.1) is 0 Å².